The van der Waals surface area contributed by atoms with Crippen LogP contribution in [0.4, 0.5) is 4.79 Å². The molecular weight excluding hydrogens is 332 g/mol. The van der Waals surface area contributed by atoms with Crippen LogP contribution < -0.4 is 16.1 Å². The third kappa shape index (κ3) is 4.74. The molecule has 0 atom stereocenters. The SMILES string of the molecule is CC(C)(C)NC(=O)N1CCC(NC(=O)c2c[nH]cc(Cl)c2=O)CC1. The summed E-state index contributed by atoms with van der Waals surface area (Å²) in [6.07, 6.45) is 3.96. The number of hydrogen-bond acceptors (Lipinski definition) is 3. The van der Waals surface area contributed by atoms with E-state index >= 15 is 0 Å². The minimum atomic E-state index is -0.491. The molecule has 1 aliphatic rings. The van der Waals surface area contributed by atoms with Gasteiger partial charge in [-0.2, -0.15) is 0 Å². The van der Waals surface area contributed by atoms with E-state index in [2.05, 4.69) is 15.6 Å². The number of urea groups is 1. The highest BCUT2D eigenvalue weighted by Gasteiger charge is 2.26. The highest BCUT2D eigenvalue weighted by atomic mass is 35.5. The first-order valence-corrected chi connectivity index (χ1v) is 8.30. The van der Waals surface area contributed by atoms with Gasteiger partial charge in [-0.3, -0.25) is 9.59 Å². The molecule has 1 aliphatic heterocycles. The molecule has 7 nitrogen and oxygen atoms in total. The lowest BCUT2D eigenvalue weighted by atomic mass is 10.0. The average molecular weight is 355 g/mol. The summed E-state index contributed by atoms with van der Waals surface area (Å²) in [6.45, 7) is 6.90. The molecule has 0 spiro atoms. The summed E-state index contributed by atoms with van der Waals surface area (Å²) in [5.74, 6) is -0.448. The molecule has 1 aromatic rings. The van der Waals surface area contributed by atoms with Gasteiger partial charge in [0.15, 0.2) is 0 Å². The van der Waals surface area contributed by atoms with Crippen LogP contribution in [-0.4, -0.2) is 46.5 Å². The van der Waals surface area contributed by atoms with Crippen LogP contribution in [-0.2, 0) is 0 Å². The highest BCUT2D eigenvalue weighted by Crippen LogP contribution is 2.12. The van der Waals surface area contributed by atoms with E-state index < -0.39 is 11.3 Å². The number of H-pyrrole nitrogens is 1. The summed E-state index contributed by atoms with van der Waals surface area (Å²) < 4.78 is 0. The van der Waals surface area contributed by atoms with Gasteiger partial charge < -0.3 is 20.5 Å². The number of aromatic amines is 1. The van der Waals surface area contributed by atoms with Crippen molar-refractivity contribution in [2.24, 2.45) is 0 Å². The Balaban J connectivity index is 1.89. The Morgan fingerprint density at radius 3 is 2.46 bits per heavy atom. The van der Waals surface area contributed by atoms with Gasteiger partial charge in [-0.05, 0) is 33.6 Å². The summed E-state index contributed by atoms with van der Waals surface area (Å²) in [5, 5.41) is 5.74. The fraction of sp³-hybridized carbons (Fsp3) is 0.562. The van der Waals surface area contributed by atoms with Crippen LogP contribution >= 0.6 is 11.6 Å². The third-order valence-electron chi connectivity index (χ3n) is 3.74. The number of halogens is 1. The Labute approximate surface area is 145 Å². The topological polar surface area (TPSA) is 94.3 Å². The number of nitrogens with one attached hydrogen (secondary N) is 3. The molecule has 0 bridgehead atoms. The van der Waals surface area contributed by atoms with Crippen molar-refractivity contribution in [2.75, 3.05) is 13.1 Å². The van der Waals surface area contributed by atoms with Crippen LogP contribution in [0.1, 0.15) is 44.0 Å². The number of piperidine rings is 1. The molecule has 0 unspecified atom stereocenters. The predicted octanol–water partition coefficient (Wildman–Crippen LogP) is 1.73. The molecule has 1 aromatic heterocycles. The van der Waals surface area contributed by atoms with Crippen LogP contribution in [0.25, 0.3) is 0 Å². The second kappa shape index (κ2) is 7.25. The molecule has 0 aliphatic carbocycles. The standard InChI is InChI=1S/C16H23ClN4O3/c1-16(2,3)20-15(24)21-6-4-10(5-7-21)19-14(23)11-8-18-9-12(17)13(11)22/h8-10H,4-7H2,1-3H3,(H,18,22)(H,19,23)(H,20,24). The molecule has 0 aromatic carbocycles. The number of likely N-dealkylation sites (tertiary alicyclic amines) is 1. The first-order valence-electron chi connectivity index (χ1n) is 7.92. The van der Waals surface area contributed by atoms with Gasteiger partial charge in [-0.15, -0.1) is 0 Å². The largest absolute Gasteiger partial charge is 0.365 e. The molecule has 24 heavy (non-hydrogen) atoms. The van der Waals surface area contributed by atoms with E-state index in [4.69, 9.17) is 11.6 Å². The van der Waals surface area contributed by atoms with E-state index in [0.717, 1.165) is 0 Å². The number of aromatic nitrogens is 1. The van der Waals surface area contributed by atoms with E-state index in [-0.39, 0.29) is 28.2 Å². The van der Waals surface area contributed by atoms with Gasteiger partial charge in [-0.1, -0.05) is 11.6 Å². The molecule has 2 heterocycles. The van der Waals surface area contributed by atoms with Crippen molar-refractivity contribution in [3.05, 3.63) is 33.2 Å². The van der Waals surface area contributed by atoms with Crippen LogP contribution in [0, 0.1) is 0 Å². The fourth-order valence-electron chi connectivity index (χ4n) is 2.52. The van der Waals surface area contributed by atoms with Gasteiger partial charge in [0.1, 0.15) is 10.6 Å². The number of pyridine rings is 1. The van der Waals surface area contributed by atoms with Crippen molar-refractivity contribution >= 4 is 23.5 Å². The summed E-state index contributed by atoms with van der Waals surface area (Å²) in [7, 11) is 0. The van der Waals surface area contributed by atoms with Crippen molar-refractivity contribution in [3.63, 3.8) is 0 Å². The number of nitrogens with zero attached hydrogens (tertiary/aromatic N) is 1. The molecule has 132 valence electrons. The summed E-state index contributed by atoms with van der Waals surface area (Å²) in [6, 6.07) is -0.173. The van der Waals surface area contributed by atoms with E-state index in [0.29, 0.717) is 25.9 Å². The van der Waals surface area contributed by atoms with Crippen molar-refractivity contribution in [1.82, 2.24) is 20.5 Å². The Morgan fingerprint density at radius 2 is 1.88 bits per heavy atom. The van der Waals surface area contributed by atoms with Gasteiger partial charge in [0, 0.05) is 37.1 Å². The van der Waals surface area contributed by atoms with Gasteiger partial charge in [0.2, 0.25) is 5.43 Å². The lowest BCUT2D eigenvalue weighted by molar-refractivity contribution is 0.0916. The van der Waals surface area contributed by atoms with Gasteiger partial charge in [0.25, 0.3) is 5.91 Å². The molecule has 0 radical (unpaired) electrons. The van der Waals surface area contributed by atoms with Crippen molar-refractivity contribution in [1.29, 1.82) is 0 Å². The maximum Gasteiger partial charge on any atom is 0.317 e. The van der Waals surface area contributed by atoms with E-state index in [1.54, 1.807) is 4.90 Å². The van der Waals surface area contributed by atoms with E-state index in [9.17, 15) is 14.4 Å². The molecule has 0 saturated carbocycles. The third-order valence-corrected chi connectivity index (χ3v) is 4.02. The molecule has 1 fully saturated rings. The zero-order valence-electron chi connectivity index (χ0n) is 14.1. The van der Waals surface area contributed by atoms with Gasteiger partial charge >= 0.3 is 6.03 Å². The second-order valence-corrected chi connectivity index (χ2v) is 7.37. The first-order chi connectivity index (χ1) is 11.2. The quantitative estimate of drug-likeness (QED) is 0.754. The smallest absolute Gasteiger partial charge is 0.317 e. The highest BCUT2D eigenvalue weighted by molar-refractivity contribution is 6.30. The van der Waals surface area contributed by atoms with E-state index in [1.165, 1.54) is 12.4 Å². The molecule has 1 saturated heterocycles. The Hall–Kier alpha value is -2.02. The zero-order valence-corrected chi connectivity index (χ0v) is 14.9. The average Bonchev–Trinajstić information content (AvgIpc) is 2.49. The van der Waals surface area contributed by atoms with Crippen molar-refractivity contribution in [3.8, 4) is 0 Å². The Morgan fingerprint density at radius 1 is 1.25 bits per heavy atom. The normalized spacial score (nSPS) is 15.9. The van der Waals surface area contributed by atoms with Gasteiger partial charge in [0.05, 0.1) is 0 Å². The lowest BCUT2D eigenvalue weighted by Crippen LogP contribution is -2.53. The first kappa shape index (κ1) is 18.3. The number of carbonyl (C=O) groups excluding carboxylic acids is 2. The fourth-order valence-corrected chi connectivity index (χ4v) is 2.68. The summed E-state index contributed by atoms with van der Waals surface area (Å²) in [5.41, 5.74) is -0.777. The van der Waals surface area contributed by atoms with Crippen LogP contribution in [0.15, 0.2) is 17.2 Å². The molecule has 3 amide bonds. The monoisotopic (exact) mass is 354 g/mol. The Bertz CT molecular complexity index is 673. The number of carbonyl (C=O) groups is 2. The maximum atomic E-state index is 12.2. The number of hydrogen-bond donors (Lipinski definition) is 3. The molecule has 8 heteroatoms. The zero-order chi connectivity index (χ0) is 17.9. The Kier molecular flexibility index (Phi) is 5.54. The molecule has 3 N–H and O–H groups in total. The van der Waals surface area contributed by atoms with Crippen LogP contribution in [0.3, 0.4) is 0 Å². The van der Waals surface area contributed by atoms with Crippen LogP contribution in [0.5, 0.6) is 0 Å². The van der Waals surface area contributed by atoms with E-state index in [1.807, 2.05) is 20.8 Å². The second-order valence-electron chi connectivity index (χ2n) is 6.96. The minimum absolute atomic E-state index is 0.00425. The number of amides is 3. The van der Waals surface area contributed by atoms with Gasteiger partial charge in [-0.25, -0.2) is 4.79 Å². The van der Waals surface area contributed by atoms with Crippen molar-refractivity contribution in [2.45, 2.75) is 45.2 Å². The maximum absolute atomic E-state index is 12.2. The number of rotatable bonds is 2. The summed E-state index contributed by atoms with van der Waals surface area (Å²) in [4.78, 5) is 40.6. The van der Waals surface area contributed by atoms with Crippen molar-refractivity contribution < 1.29 is 9.59 Å². The molecular formula is C16H23ClN4O3. The predicted molar refractivity (Wildman–Crippen MR) is 92.4 cm³/mol. The van der Waals surface area contributed by atoms with Crippen LogP contribution in [0.2, 0.25) is 5.02 Å². The minimum Gasteiger partial charge on any atom is -0.365 e. The summed E-state index contributed by atoms with van der Waals surface area (Å²) >= 11 is 5.73. The molecule has 2 rings (SSSR count). The lowest BCUT2D eigenvalue weighted by Gasteiger charge is -2.34.